The Labute approximate surface area is 178 Å². The van der Waals surface area contributed by atoms with Crippen LogP contribution in [-0.2, 0) is 17.9 Å². The molecule has 0 saturated carbocycles. The fourth-order valence-electron chi connectivity index (χ4n) is 3.21. The SMILES string of the molecule is O=C(CCn1cc[n+](CC(=O)c2ccc(Cl)cc2)c1)Nc1cccc2cccnc12. The number of anilines is 1. The Morgan fingerprint density at radius 1 is 1.07 bits per heavy atom. The molecule has 2 aromatic carbocycles. The van der Waals surface area contributed by atoms with Crippen LogP contribution in [0.3, 0.4) is 0 Å². The Morgan fingerprint density at radius 3 is 2.70 bits per heavy atom. The number of aryl methyl sites for hydroxylation is 1. The van der Waals surface area contributed by atoms with Crippen molar-refractivity contribution in [3.63, 3.8) is 0 Å². The van der Waals surface area contributed by atoms with Crippen molar-refractivity contribution in [2.24, 2.45) is 0 Å². The van der Waals surface area contributed by atoms with E-state index in [2.05, 4.69) is 10.3 Å². The number of ketones is 1. The van der Waals surface area contributed by atoms with Gasteiger partial charge in [-0.05, 0) is 36.4 Å². The summed E-state index contributed by atoms with van der Waals surface area (Å²) in [5.74, 6) is -0.0961. The molecule has 0 radical (unpaired) electrons. The number of pyridine rings is 1. The molecule has 0 saturated heterocycles. The molecule has 2 aromatic heterocycles. The molecule has 0 aliphatic rings. The zero-order valence-corrected chi connectivity index (χ0v) is 16.9. The van der Waals surface area contributed by atoms with Gasteiger partial charge in [0.1, 0.15) is 12.4 Å². The average molecular weight is 420 g/mol. The van der Waals surface area contributed by atoms with E-state index in [9.17, 15) is 9.59 Å². The van der Waals surface area contributed by atoms with Crippen molar-refractivity contribution in [1.29, 1.82) is 0 Å². The molecule has 0 unspecified atom stereocenters. The van der Waals surface area contributed by atoms with E-state index >= 15 is 0 Å². The maximum absolute atomic E-state index is 12.4. The second kappa shape index (κ2) is 8.88. The van der Waals surface area contributed by atoms with Crippen molar-refractivity contribution in [2.45, 2.75) is 19.5 Å². The molecule has 0 atom stereocenters. The molecular weight excluding hydrogens is 400 g/mol. The van der Waals surface area contributed by atoms with Gasteiger partial charge in [0.25, 0.3) is 0 Å². The molecule has 2 heterocycles. The molecule has 30 heavy (non-hydrogen) atoms. The van der Waals surface area contributed by atoms with Crippen LogP contribution in [0, 0.1) is 0 Å². The van der Waals surface area contributed by atoms with Gasteiger partial charge in [0.15, 0.2) is 6.54 Å². The van der Waals surface area contributed by atoms with E-state index in [-0.39, 0.29) is 18.2 Å². The normalized spacial score (nSPS) is 10.8. The monoisotopic (exact) mass is 419 g/mol. The van der Waals surface area contributed by atoms with Crippen molar-refractivity contribution in [1.82, 2.24) is 9.55 Å². The van der Waals surface area contributed by atoms with E-state index in [0.717, 1.165) is 10.9 Å². The maximum atomic E-state index is 12.4. The van der Waals surface area contributed by atoms with Gasteiger partial charge in [0.05, 0.1) is 24.2 Å². The van der Waals surface area contributed by atoms with Gasteiger partial charge in [0, 0.05) is 22.2 Å². The standard InChI is InChI=1S/C23H19ClN4O2/c24-19-8-6-17(7-9-19)21(29)15-28-14-13-27(16-28)12-10-22(30)26-20-5-1-3-18-4-2-11-25-23(18)20/h1-9,11,13-14,16H,10,12,15H2/p+1. The number of nitrogens with zero attached hydrogens (tertiary/aromatic N) is 3. The van der Waals surface area contributed by atoms with E-state index in [4.69, 9.17) is 11.6 Å². The van der Waals surface area contributed by atoms with Crippen molar-refractivity contribution in [3.8, 4) is 0 Å². The van der Waals surface area contributed by atoms with Crippen molar-refractivity contribution in [2.75, 3.05) is 5.32 Å². The third-order valence-corrected chi connectivity index (χ3v) is 4.99. The molecular formula is C23H20ClN4O2+. The highest BCUT2D eigenvalue weighted by Crippen LogP contribution is 2.20. The number of halogens is 1. The van der Waals surface area contributed by atoms with Gasteiger partial charge in [-0.3, -0.25) is 14.6 Å². The largest absolute Gasteiger partial charge is 0.324 e. The molecule has 4 rings (SSSR count). The fraction of sp³-hybridized carbons (Fsp3) is 0.130. The minimum absolute atomic E-state index is 0.00406. The Kier molecular flexibility index (Phi) is 5.86. The Morgan fingerprint density at radius 2 is 1.87 bits per heavy atom. The van der Waals surface area contributed by atoms with E-state index in [0.29, 0.717) is 29.2 Å². The second-order valence-electron chi connectivity index (χ2n) is 6.93. The molecule has 4 aromatic rings. The number of amides is 1. The second-order valence-corrected chi connectivity index (χ2v) is 7.37. The number of hydrogen-bond acceptors (Lipinski definition) is 3. The summed E-state index contributed by atoms with van der Waals surface area (Å²) in [6, 6.07) is 16.4. The summed E-state index contributed by atoms with van der Waals surface area (Å²) in [4.78, 5) is 29.1. The molecule has 0 spiro atoms. The lowest BCUT2D eigenvalue weighted by atomic mass is 10.1. The number of para-hydroxylation sites is 1. The third kappa shape index (κ3) is 4.72. The van der Waals surface area contributed by atoms with Crippen LogP contribution in [0.1, 0.15) is 16.8 Å². The topological polar surface area (TPSA) is 67.9 Å². The van der Waals surface area contributed by atoms with E-state index in [1.165, 1.54) is 0 Å². The van der Waals surface area contributed by atoms with Crippen LogP contribution in [0.25, 0.3) is 10.9 Å². The quantitative estimate of drug-likeness (QED) is 0.365. The number of Topliss-reactive ketones (excluding diaryl/α,β-unsaturated/α-hetero) is 1. The summed E-state index contributed by atoms with van der Waals surface area (Å²) >= 11 is 5.86. The van der Waals surface area contributed by atoms with E-state index < -0.39 is 0 Å². The number of imidazole rings is 1. The third-order valence-electron chi connectivity index (χ3n) is 4.74. The summed E-state index contributed by atoms with van der Waals surface area (Å²) in [5, 5.41) is 4.51. The number of benzene rings is 2. The molecule has 6 nitrogen and oxygen atoms in total. The molecule has 0 bridgehead atoms. The van der Waals surface area contributed by atoms with Gasteiger partial charge < -0.3 is 5.32 Å². The van der Waals surface area contributed by atoms with Crippen LogP contribution in [0.2, 0.25) is 5.02 Å². The molecule has 150 valence electrons. The summed E-state index contributed by atoms with van der Waals surface area (Å²) in [6.07, 6.45) is 7.51. The van der Waals surface area contributed by atoms with Gasteiger partial charge in [-0.25, -0.2) is 9.13 Å². The first kappa shape index (κ1) is 19.8. The summed E-state index contributed by atoms with van der Waals surface area (Å²) in [7, 11) is 0. The van der Waals surface area contributed by atoms with Gasteiger partial charge >= 0.3 is 0 Å². The minimum atomic E-state index is -0.0920. The van der Waals surface area contributed by atoms with E-state index in [1.54, 1.807) is 35.0 Å². The number of aromatic nitrogens is 3. The Bertz CT molecular complexity index is 1200. The smallest absolute Gasteiger partial charge is 0.244 e. The highest BCUT2D eigenvalue weighted by Gasteiger charge is 2.13. The zero-order valence-electron chi connectivity index (χ0n) is 16.2. The van der Waals surface area contributed by atoms with Crippen LogP contribution < -0.4 is 9.88 Å². The van der Waals surface area contributed by atoms with Crippen LogP contribution in [0.4, 0.5) is 5.69 Å². The van der Waals surface area contributed by atoms with Crippen molar-refractivity contribution in [3.05, 3.63) is 90.1 Å². The summed E-state index contributed by atoms with van der Waals surface area (Å²) < 4.78 is 3.68. The number of hydrogen-bond donors (Lipinski definition) is 1. The van der Waals surface area contributed by atoms with Crippen molar-refractivity contribution < 1.29 is 14.2 Å². The highest BCUT2D eigenvalue weighted by molar-refractivity contribution is 6.30. The fourth-order valence-corrected chi connectivity index (χ4v) is 3.33. The number of fused-ring (bicyclic) bond motifs is 1. The predicted molar refractivity (Wildman–Crippen MR) is 115 cm³/mol. The van der Waals surface area contributed by atoms with Gasteiger partial charge in [-0.15, -0.1) is 0 Å². The molecule has 0 aliphatic heterocycles. The molecule has 0 fully saturated rings. The highest BCUT2D eigenvalue weighted by atomic mass is 35.5. The number of rotatable bonds is 7. The van der Waals surface area contributed by atoms with Crippen molar-refractivity contribution >= 4 is 39.9 Å². The maximum Gasteiger partial charge on any atom is 0.244 e. The Hall–Kier alpha value is -3.51. The molecule has 0 aliphatic carbocycles. The number of carbonyl (C=O) groups is 2. The van der Waals surface area contributed by atoms with Crippen LogP contribution in [0.15, 0.2) is 79.5 Å². The molecule has 1 amide bonds. The summed E-state index contributed by atoms with van der Waals surface area (Å²) in [5.41, 5.74) is 2.09. The first-order valence-electron chi connectivity index (χ1n) is 9.56. The first-order valence-corrected chi connectivity index (χ1v) is 9.93. The zero-order chi connectivity index (χ0) is 20.9. The molecule has 7 heteroatoms. The number of nitrogens with one attached hydrogen (secondary N) is 1. The van der Waals surface area contributed by atoms with Crippen LogP contribution in [0.5, 0.6) is 0 Å². The van der Waals surface area contributed by atoms with Crippen LogP contribution in [-0.4, -0.2) is 21.2 Å². The Balaban J connectivity index is 1.33. The van der Waals surface area contributed by atoms with Gasteiger partial charge in [-0.2, -0.15) is 0 Å². The van der Waals surface area contributed by atoms with E-state index in [1.807, 2.05) is 53.6 Å². The number of carbonyl (C=O) groups excluding carboxylic acids is 2. The minimum Gasteiger partial charge on any atom is -0.324 e. The molecule has 1 N–H and O–H groups in total. The lowest BCUT2D eigenvalue weighted by Crippen LogP contribution is -2.35. The lowest BCUT2D eigenvalue weighted by Gasteiger charge is -2.07. The predicted octanol–water partition coefficient (Wildman–Crippen LogP) is 3.89. The van der Waals surface area contributed by atoms with Crippen LogP contribution >= 0.6 is 11.6 Å². The van der Waals surface area contributed by atoms with Gasteiger partial charge in [0.2, 0.25) is 18.0 Å². The lowest BCUT2D eigenvalue weighted by molar-refractivity contribution is -0.682. The van der Waals surface area contributed by atoms with Gasteiger partial charge in [-0.1, -0.05) is 29.8 Å². The first-order chi connectivity index (χ1) is 14.6. The summed E-state index contributed by atoms with van der Waals surface area (Å²) in [6.45, 7) is 0.731. The average Bonchev–Trinajstić information content (AvgIpc) is 3.20.